The van der Waals surface area contributed by atoms with Crippen molar-refractivity contribution < 1.29 is 0 Å². The minimum Gasteiger partial charge on any atom is -0.0683 e. The Morgan fingerprint density at radius 3 is 1.09 bits per heavy atom. The number of rotatable bonds is 4. The fraction of sp³-hybridized carbons (Fsp3) is 0.0455. The summed E-state index contributed by atoms with van der Waals surface area (Å²) < 4.78 is 0. The van der Waals surface area contributed by atoms with E-state index < -0.39 is 0 Å². The molecule has 210 valence electrons. The van der Waals surface area contributed by atoms with E-state index in [1.807, 2.05) is 13.8 Å². The Morgan fingerprint density at radius 2 is 0.568 bits per heavy atom. The summed E-state index contributed by atoms with van der Waals surface area (Å²) in [7, 11) is 0. The third kappa shape index (κ3) is 4.75. The maximum atomic E-state index is 2.33. The first-order chi connectivity index (χ1) is 21.9. The first-order valence-corrected chi connectivity index (χ1v) is 15.5. The van der Waals surface area contributed by atoms with Gasteiger partial charge in [-0.1, -0.05) is 184 Å². The minimum absolute atomic E-state index is 1.23. The molecule has 0 aromatic heterocycles. The molecule has 8 rings (SSSR count). The van der Waals surface area contributed by atoms with Crippen LogP contribution in [-0.2, 0) is 0 Å². The van der Waals surface area contributed by atoms with Crippen molar-refractivity contribution in [2.75, 3.05) is 0 Å². The van der Waals surface area contributed by atoms with Crippen LogP contribution in [0.4, 0.5) is 0 Å². The molecule has 0 nitrogen and oxygen atoms in total. The molecule has 0 unspecified atom stereocenters. The number of hydrogen-bond acceptors (Lipinski definition) is 0. The highest BCUT2D eigenvalue weighted by Crippen LogP contribution is 2.46. The second-order valence-corrected chi connectivity index (χ2v) is 10.9. The molecular weight excluding hydrogens is 528 g/mol. The second kappa shape index (κ2) is 12.0. The Labute approximate surface area is 259 Å². The van der Waals surface area contributed by atoms with E-state index in [2.05, 4.69) is 170 Å². The average molecular weight is 563 g/mol. The molecule has 0 amide bonds. The number of hydrogen-bond donors (Lipinski definition) is 0. The van der Waals surface area contributed by atoms with Gasteiger partial charge >= 0.3 is 0 Å². The summed E-state index contributed by atoms with van der Waals surface area (Å²) in [4.78, 5) is 0. The smallest absolute Gasteiger partial charge is 0.00201 e. The monoisotopic (exact) mass is 562 g/mol. The molecule has 0 saturated heterocycles. The number of fused-ring (bicyclic) bond motifs is 3. The van der Waals surface area contributed by atoms with Crippen molar-refractivity contribution in [3.05, 3.63) is 170 Å². The van der Waals surface area contributed by atoms with Gasteiger partial charge in [0.2, 0.25) is 0 Å². The van der Waals surface area contributed by atoms with Crippen LogP contribution in [0, 0.1) is 0 Å². The van der Waals surface area contributed by atoms with E-state index in [-0.39, 0.29) is 0 Å². The molecule has 0 spiro atoms. The van der Waals surface area contributed by atoms with Gasteiger partial charge in [0, 0.05) is 0 Å². The van der Waals surface area contributed by atoms with Gasteiger partial charge in [0.1, 0.15) is 0 Å². The molecule has 0 aliphatic carbocycles. The van der Waals surface area contributed by atoms with Gasteiger partial charge in [0.15, 0.2) is 0 Å². The molecule has 0 aliphatic rings. The van der Waals surface area contributed by atoms with E-state index in [1.54, 1.807) is 0 Å². The molecule has 0 N–H and O–H groups in total. The molecule has 44 heavy (non-hydrogen) atoms. The van der Waals surface area contributed by atoms with E-state index in [9.17, 15) is 0 Å². The molecule has 0 atom stereocenters. The summed E-state index contributed by atoms with van der Waals surface area (Å²) in [6.07, 6.45) is 0. The van der Waals surface area contributed by atoms with E-state index in [1.165, 1.54) is 76.8 Å². The standard InChI is InChI=1S/C42H28.C2H6/c1-3-13-29(14-4-1)30-23-25-32(26-24-30)41-36-19-9-11-21-38(36)42(39-22-12-10-20-37(39)41)40-28-27-33(31-15-5-2-6-16-31)34-17-7-8-18-35(34)40;1-2/h1-28H;1-2H3. The van der Waals surface area contributed by atoms with Crippen molar-refractivity contribution >= 4 is 32.3 Å². The lowest BCUT2D eigenvalue weighted by Crippen LogP contribution is -1.92. The van der Waals surface area contributed by atoms with Crippen LogP contribution in [-0.4, -0.2) is 0 Å². The summed E-state index contributed by atoms with van der Waals surface area (Å²) in [5.74, 6) is 0. The average Bonchev–Trinajstić information content (AvgIpc) is 3.12. The molecule has 0 saturated carbocycles. The van der Waals surface area contributed by atoms with Crippen molar-refractivity contribution in [2.24, 2.45) is 0 Å². The first-order valence-electron chi connectivity index (χ1n) is 15.5. The summed E-state index contributed by atoms with van der Waals surface area (Å²) in [5, 5.41) is 7.64. The maximum Gasteiger partial charge on any atom is -0.00201 e. The Balaban J connectivity index is 0.00000153. The van der Waals surface area contributed by atoms with E-state index in [0.717, 1.165) is 0 Å². The van der Waals surface area contributed by atoms with Gasteiger partial charge in [-0.05, 0) is 76.8 Å². The summed E-state index contributed by atoms with van der Waals surface area (Å²) in [6, 6.07) is 61.6. The fourth-order valence-electron chi connectivity index (χ4n) is 6.58. The Morgan fingerprint density at radius 1 is 0.227 bits per heavy atom. The van der Waals surface area contributed by atoms with Crippen LogP contribution in [0.1, 0.15) is 13.8 Å². The van der Waals surface area contributed by atoms with E-state index in [4.69, 9.17) is 0 Å². The van der Waals surface area contributed by atoms with Crippen molar-refractivity contribution in [1.82, 2.24) is 0 Å². The molecule has 0 heteroatoms. The quantitative estimate of drug-likeness (QED) is 0.187. The second-order valence-electron chi connectivity index (χ2n) is 10.9. The molecule has 8 aromatic rings. The molecule has 0 fully saturated rings. The van der Waals surface area contributed by atoms with Crippen molar-refractivity contribution in [1.29, 1.82) is 0 Å². The van der Waals surface area contributed by atoms with Crippen LogP contribution < -0.4 is 0 Å². The van der Waals surface area contributed by atoms with Crippen molar-refractivity contribution in [3.8, 4) is 44.5 Å². The lowest BCUT2D eigenvalue weighted by Gasteiger charge is -2.20. The molecule has 0 bridgehead atoms. The molecule has 0 aliphatic heterocycles. The van der Waals surface area contributed by atoms with Crippen LogP contribution in [0.2, 0.25) is 0 Å². The van der Waals surface area contributed by atoms with Crippen molar-refractivity contribution in [2.45, 2.75) is 13.8 Å². The van der Waals surface area contributed by atoms with E-state index >= 15 is 0 Å². The predicted molar refractivity (Wildman–Crippen MR) is 192 cm³/mol. The highest BCUT2D eigenvalue weighted by Gasteiger charge is 2.18. The van der Waals surface area contributed by atoms with Crippen LogP contribution in [0.15, 0.2) is 170 Å². The zero-order valence-electron chi connectivity index (χ0n) is 25.2. The molecule has 8 aromatic carbocycles. The lowest BCUT2D eigenvalue weighted by molar-refractivity contribution is 1.50. The normalized spacial score (nSPS) is 11.0. The Bertz CT molecular complexity index is 2150. The zero-order chi connectivity index (χ0) is 29.9. The summed E-state index contributed by atoms with van der Waals surface area (Å²) in [5.41, 5.74) is 10.1. The van der Waals surface area contributed by atoms with Gasteiger partial charge in [-0.25, -0.2) is 0 Å². The van der Waals surface area contributed by atoms with Crippen molar-refractivity contribution in [3.63, 3.8) is 0 Å². The van der Waals surface area contributed by atoms with Crippen LogP contribution in [0.3, 0.4) is 0 Å². The summed E-state index contributed by atoms with van der Waals surface area (Å²) in [6.45, 7) is 4.00. The predicted octanol–water partition coefficient (Wildman–Crippen LogP) is 12.8. The van der Waals surface area contributed by atoms with E-state index in [0.29, 0.717) is 0 Å². The Hall–Kier alpha value is -5.46. The topological polar surface area (TPSA) is 0 Å². The maximum absolute atomic E-state index is 2.33. The lowest BCUT2D eigenvalue weighted by atomic mass is 9.83. The molecule has 0 radical (unpaired) electrons. The largest absolute Gasteiger partial charge is 0.0683 e. The number of benzene rings is 8. The van der Waals surface area contributed by atoms with Gasteiger partial charge < -0.3 is 0 Å². The fourth-order valence-corrected chi connectivity index (χ4v) is 6.58. The summed E-state index contributed by atoms with van der Waals surface area (Å²) >= 11 is 0. The third-order valence-electron chi connectivity index (χ3n) is 8.49. The highest BCUT2D eigenvalue weighted by atomic mass is 14.2. The van der Waals surface area contributed by atoms with Gasteiger partial charge in [0.25, 0.3) is 0 Å². The Kier molecular flexibility index (Phi) is 7.49. The molecular formula is C44H34. The van der Waals surface area contributed by atoms with Crippen LogP contribution in [0.25, 0.3) is 76.8 Å². The zero-order valence-corrected chi connectivity index (χ0v) is 25.2. The highest BCUT2D eigenvalue weighted by molar-refractivity contribution is 6.24. The SMILES string of the molecule is CC.c1ccc(-c2ccc(-c3c4ccccc4c(-c4ccc(-c5ccccc5)c5ccccc45)c4ccccc34)cc2)cc1. The molecule has 0 heterocycles. The van der Waals surface area contributed by atoms with Gasteiger partial charge in [-0.2, -0.15) is 0 Å². The van der Waals surface area contributed by atoms with Crippen LogP contribution >= 0.6 is 0 Å². The van der Waals surface area contributed by atoms with Gasteiger partial charge in [-0.3, -0.25) is 0 Å². The van der Waals surface area contributed by atoms with Gasteiger partial charge in [0.05, 0.1) is 0 Å². The third-order valence-corrected chi connectivity index (χ3v) is 8.49. The minimum atomic E-state index is 1.23. The first kappa shape index (κ1) is 27.4. The van der Waals surface area contributed by atoms with Gasteiger partial charge in [-0.15, -0.1) is 0 Å². The van der Waals surface area contributed by atoms with Crippen LogP contribution in [0.5, 0.6) is 0 Å².